The van der Waals surface area contributed by atoms with Crippen molar-refractivity contribution in [2.45, 2.75) is 6.92 Å². The zero-order valence-electron chi connectivity index (χ0n) is 8.69. The van der Waals surface area contributed by atoms with Crippen molar-refractivity contribution in [3.63, 3.8) is 0 Å². The number of ketones is 1. The molecule has 0 radical (unpaired) electrons. The molecule has 1 aliphatic heterocycles. The van der Waals surface area contributed by atoms with Crippen LogP contribution in [0.4, 0.5) is 0 Å². The van der Waals surface area contributed by atoms with Crippen LogP contribution in [0.2, 0.25) is 0 Å². The number of rotatable bonds is 1. The maximum Gasteiger partial charge on any atom is 0.379 e. The fraction of sp³-hybridized carbons (Fsp3) is 0.167. The van der Waals surface area contributed by atoms with Gasteiger partial charge in [0.2, 0.25) is 0 Å². The summed E-state index contributed by atoms with van der Waals surface area (Å²) in [4.78, 5) is 22.2. The summed E-state index contributed by atoms with van der Waals surface area (Å²) in [5.41, 5.74) is 1.50. The number of Topliss-reactive ketones (excluding diaryl/α,β-unsaturated/α-hetero) is 1. The number of ether oxygens (including phenoxy) is 1. The highest BCUT2D eigenvalue weighted by Crippen LogP contribution is 2.21. The van der Waals surface area contributed by atoms with Gasteiger partial charge in [-0.15, -0.1) is 0 Å². The van der Waals surface area contributed by atoms with Gasteiger partial charge in [-0.3, -0.25) is 4.79 Å². The van der Waals surface area contributed by atoms with Crippen molar-refractivity contribution in [2.24, 2.45) is 0 Å². The molecule has 0 amide bonds. The van der Waals surface area contributed by atoms with Crippen molar-refractivity contribution in [3.05, 3.63) is 41.0 Å². The van der Waals surface area contributed by atoms with Crippen molar-refractivity contribution in [3.8, 4) is 0 Å². The maximum atomic E-state index is 11.3. The van der Waals surface area contributed by atoms with Crippen LogP contribution in [0.3, 0.4) is 0 Å². The molecule has 1 aromatic carbocycles. The molecule has 82 valence electrons. The summed E-state index contributed by atoms with van der Waals surface area (Å²) in [7, 11) is 0. The van der Waals surface area contributed by atoms with E-state index in [1.807, 2.05) is 13.0 Å². The van der Waals surface area contributed by atoms with E-state index in [1.54, 1.807) is 18.2 Å². The predicted molar refractivity (Wildman–Crippen MR) is 56.7 cm³/mol. The topological polar surface area (TPSA) is 63.6 Å². The van der Waals surface area contributed by atoms with Crippen LogP contribution in [0.15, 0.2) is 29.8 Å². The molecular formula is C12H10O4. The van der Waals surface area contributed by atoms with Crippen LogP contribution in [0, 0.1) is 6.92 Å². The van der Waals surface area contributed by atoms with Crippen LogP contribution in [-0.4, -0.2) is 23.5 Å². The van der Waals surface area contributed by atoms with Crippen molar-refractivity contribution < 1.29 is 19.4 Å². The lowest BCUT2D eigenvalue weighted by Crippen LogP contribution is -2.08. The van der Waals surface area contributed by atoms with Crippen molar-refractivity contribution in [1.29, 1.82) is 0 Å². The summed E-state index contributed by atoms with van der Waals surface area (Å²) >= 11 is 0. The molecule has 1 aliphatic rings. The molecule has 0 unspecified atom stereocenters. The maximum absolute atomic E-state index is 11.3. The molecule has 1 heterocycles. The molecule has 1 aromatic rings. The average Bonchev–Trinajstić information content (AvgIpc) is 2.59. The van der Waals surface area contributed by atoms with E-state index >= 15 is 0 Å². The van der Waals surface area contributed by atoms with Gasteiger partial charge in [-0.2, -0.15) is 0 Å². The van der Waals surface area contributed by atoms with Crippen LogP contribution >= 0.6 is 0 Å². The van der Waals surface area contributed by atoms with E-state index in [0.29, 0.717) is 5.56 Å². The molecule has 0 bridgehead atoms. The van der Waals surface area contributed by atoms with E-state index in [1.165, 1.54) is 0 Å². The summed E-state index contributed by atoms with van der Waals surface area (Å²) in [5.74, 6) is -1.85. The number of hydrogen-bond donors (Lipinski definition) is 1. The van der Waals surface area contributed by atoms with Gasteiger partial charge < -0.3 is 9.84 Å². The zero-order valence-corrected chi connectivity index (χ0v) is 8.69. The molecule has 0 aromatic heterocycles. The van der Waals surface area contributed by atoms with Crippen LogP contribution < -0.4 is 0 Å². The largest absolute Gasteiger partial charge is 0.507 e. The molecule has 0 aliphatic carbocycles. The van der Waals surface area contributed by atoms with E-state index in [9.17, 15) is 14.7 Å². The van der Waals surface area contributed by atoms with Gasteiger partial charge in [0, 0.05) is 5.56 Å². The Bertz CT molecular complexity index is 499. The van der Waals surface area contributed by atoms with E-state index in [2.05, 4.69) is 4.74 Å². The molecule has 1 N–H and O–H groups in total. The Hall–Kier alpha value is -2.10. The van der Waals surface area contributed by atoms with Gasteiger partial charge in [0.15, 0.2) is 0 Å². The van der Waals surface area contributed by atoms with Gasteiger partial charge in [-0.05, 0) is 13.0 Å². The second-order valence-corrected chi connectivity index (χ2v) is 3.60. The van der Waals surface area contributed by atoms with Gasteiger partial charge >= 0.3 is 5.97 Å². The molecule has 16 heavy (non-hydrogen) atoms. The molecule has 1 fully saturated rings. The predicted octanol–water partition coefficient (Wildman–Crippen LogP) is 1.39. The molecule has 1 saturated heterocycles. The molecule has 0 atom stereocenters. The van der Waals surface area contributed by atoms with Crippen LogP contribution in [0.25, 0.3) is 5.76 Å². The highest BCUT2D eigenvalue weighted by atomic mass is 16.5. The standard InChI is InChI=1S/C12H10O4/c1-7-3-2-4-8(5-7)10(13)9-6-16-12(15)11(9)14/h2-5,13H,6H2,1H3/b10-9-. The summed E-state index contributed by atoms with van der Waals surface area (Å²) in [6, 6.07) is 7.05. The lowest BCUT2D eigenvalue weighted by Gasteiger charge is -2.03. The molecule has 0 spiro atoms. The number of cyclic esters (lactones) is 1. The Balaban J connectivity index is 2.45. The van der Waals surface area contributed by atoms with E-state index < -0.39 is 11.8 Å². The van der Waals surface area contributed by atoms with Gasteiger partial charge in [0.05, 0.1) is 5.57 Å². The van der Waals surface area contributed by atoms with Gasteiger partial charge in [0.25, 0.3) is 5.78 Å². The van der Waals surface area contributed by atoms with Crippen LogP contribution in [-0.2, 0) is 14.3 Å². The molecule has 4 nitrogen and oxygen atoms in total. The zero-order chi connectivity index (χ0) is 11.7. The summed E-state index contributed by atoms with van der Waals surface area (Å²) in [6.07, 6.45) is 0. The van der Waals surface area contributed by atoms with E-state index in [-0.39, 0.29) is 17.9 Å². The Morgan fingerprint density at radius 1 is 1.38 bits per heavy atom. The summed E-state index contributed by atoms with van der Waals surface area (Å²) < 4.78 is 4.54. The molecule has 4 heteroatoms. The summed E-state index contributed by atoms with van der Waals surface area (Å²) in [6.45, 7) is 1.72. The van der Waals surface area contributed by atoms with E-state index in [4.69, 9.17) is 0 Å². The number of aryl methyl sites for hydroxylation is 1. The lowest BCUT2D eigenvalue weighted by molar-refractivity contribution is -0.146. The fourth-order valence-corrected chi connectivity index (χ4v) is 1.53. The van der Waals surface area contributed by atoms with Gasteiger partial charge in [-0.25, -0.2) is 4.79 Å². The van der Waals surface area contributed by atoms with Gasteiger partial charge in [-0.1, -0.05) is 23.8 Å². The van der Waals surface area contributed by atoms with Crippen molar-refractivity contribution in [2.75, 3.05) is 6.61 Å². The third-order valence-corrected chi connectivity index (χ3v) is 2.38. The van der Waals surface area contributed by atoms with E-state index in [0.717, 1.165) is 5.56 Å². The Labute approximate surface area is 92.2 Å². The monoisotopic (exact) mass is 218 g/mol. The molecular weight excluding hydrogens is 208 g/mol. The van der Waals surface area contributed by atoms with Crippen molar-refractivity contribution in [1.82, 2.24) is 0 Å². The third-order valence-electron chi connectivity index (χ3n) is 2.38. The lowest BCUT2D eigenvalue weighted by atomic mass is 10.1. The molecule has 2 rings (SSSR count). The normalized spacial score (nSPS) is 18.6. The Kier molecular flexibility index (Phi) is 2.48. The number of hydrogen-bond acceptors (Lipinski definition) is 4. The minimum absolute atomic E-state index is 0.0237. The Morgan fingerprint density at radius 2 is 2.12 bits per heavy atom. The first-order chi connectivity index (χ1) is 7.59. The first-order valence-electron chi connectivity index (χ1n) is 4.80. The van der Waals surface area contributed by atoms with Crippen LogP contribution in [0.1, 0.15) is 11.1 Å². The highest BCUT2D eigenvalue weighted by Gasteiger charge is 2.32. The fourth-order valence-electron chi connectivity index (χ4n) is 1.53. The first kappa shape index (κ1) is 10.4. The minimum Gasteiger partial charge on any atom is -0.507 e. The van der Waals surface area contributed by atoms with Crippen molar-refractivity contribution >= 4 is 17.5 Å². The smallest absolute Gasteiger partial charge is 0.379 e. The third kappa shape index (κ3) is 1.69. The number of esters is 1. The first-order valence-corrected chi connectivity index (χ1v) is 4.80. The average molecular weight is 218 g/mol. The SMILES string of the molecule is Cc1cccc(/C(O)=C2\COC(=O)C2=O)c1. The second-order valence-electron chi connectivity index (χ2n) is 3.60. The minimum atomic E-state index is -0.908. The molecule has 0 saturated carbocycles. The number of benzene rings is 1. The number of carbonyl (C=O) groups is 2. The number of aliphatic hydroxyl groups is 1. The number of aliphatic hydroxyl groups excluding tert-OH is 1. The van der Waals surface area contributed by atoms with Gasteiger partial charge in [0.1, 0.15) is 12.4 Å². The quantitative estimate of drug-likeness (QED) is 0.335. The van der Waals surface area contributed by atoms with Crippen LogP contribution in [0.5, 0.6) is 0 Å². The number of carbonyl (C=O) groups excluding carboxylic acids is 2. The highest BCUT2D eigenvalue weighted by molar-refractivity contribution is 6.43. The summed E-state index contributed by atoms with van der Waals surface area (Å²) in [5, 5.41) is 9.86. The Morgan fingerprint density at radius 3 is 2.69 bits per heavy atom. The second kappa shape index (κ2) is 3.81.